The van der Waals surface area contributed by atoms with Gasteiger partial charge in [-0.3, -0.25) is 0 Å². The van der Waals surface area contributed by atoms with Crippen LogP contribution in [0.2, 0.25) is 0 Å². The van der Waals surface area contributed by atoms with Crippen molar-refractivity contribution in [3.05, 3.63) is 66.4 Å². The van der Waals surface area contributed by atoms with Crippen LogP contribution in [0.5, 0.6) is 0 Å². The van der Waals surface area contributed by atoms with E-state index in [1.165, 1.54) is 6.07 Å². The van der Waals surface area contributed by atoms with Crippen molar-refractivity contribution >= 4 is 29.1 Å². The summed E-state index contributed by atoms with van der Waals surface area (Å²) in [4.78, 5) is 22.8. The lowest BCUT2D eigenvalue weighted by molar-refractivity contribution is 0.0663. The van der Waals surface area contributed by atoms with Crippen LogP contribution in [0.4, 0.5) is 21.9 Å². The maximum atomic E-state index is 12.0. The number of carboxylic acid groups (broad SMARTS) is 1. The summed E-state index contributed by atoms with van der Waals surface area (Å²) in [6.45, 7) is 0. The van der Waals surface area contributed by atoms with E-state index in [2.05, 4.69) is 10.6 Å². The Balaban J connectivity index is 1.64. The molecule has 0 saturated heterocycles. The lowest BCUT2D eigenvalue weighted by atomic mass is 10.1. The first kappa shape index (κ1) is 16.1. The predicted octanol–water partition coefficient (Wildman–Crippen LogP) is 3.87. The predicted molar refractivity (Wildman–Crippen MR) is 94.6 cm³/mol. The van der Waals surface area contributed by atoms with Crippen LogP contribution in [0.3, 0.4) is 0 Å². The molecule has 1 heterocycles. The van der Waals surface area contributed by atoms with Crippen LogP contribution < -0.4 is 16.4 Å². The Morgan fingerprint density at radius 3 is 1.92 bits per heavy atom. The van der Waals surface area contributed by atoms with Gasteiger partial charge in [-0.15, -0.1) is 0 Å². The molecule has 7 nitrogen and oxygen atoms in total. The Morgan fingerprint density at radius 2 is 1.40 bits per heavy atom. The van der Waals surface area contributed by atoms with Gasteiger partial charge in [0.1, 0.15) is 5.76 Å². The number of aromatic carboxylic acids is 1. The normalized spacial score (nSPS) is 10.2. The van der Waals surface area contributed by atoms with E-state index >= 15 is 0 Å². The summed E-state index contributed by atoms with van der Waals surface area (Å²) in [6, 6.07) is 16.2. The molecule has 5 N–H and O–H groups in total. The minimum Gasteiger partial charge on any atom is -0.475 e. The molecule has 0 aliphatic carbocycles. The van der Waals surface area contributed by atoms with Crippen molar-refractivity contribution in [3.8, 4) is 11.3 Å². The number of furan rings is 1. The van der Waals surface area contributed by atoms with Crippen LogP contribution in [0.25, 0.3) is 11.3 Å². The Bertz CT molecular complexity index is 899. The van der Waals surface area contributed by atoms with Gasteiger partial charge in [-0.1, -0.05) is 0 Å². The second-order valence-electron chi connectivity index (χ2n) is 5.25. The largest absolute Gasteiger partial charge is 0.475 e. The van der Waals surface area contributed by atoms with Gasteiger partial charge in [-0.2, -0.15) is 0 Å². The number of hydrogen-bond donors (Lipinski definition) is 4. The number of benzene rings is 2. The third-order valence-electron chi connectivity index (χ3n) is 3.41. The molecule has 0 aliphatic rings. The minimum atomic E-state index is -1.12. The Hall–Kier alpha value is -3.74. The second-order valence-corrected chi connectivity index (χ2v) is 5.25. The van der Waals surface area contributed by atoms with E-state index in [1.807, 2.05) is 0 Å². The third kappa shape index (κ3) is 3.97. The number of urea groups is 1. The monoisotopic (exact) mass is 337 g/mol. The van der Waals surface area contributed by atoms with E-state index < -0.39 is 5.97 Å². The van der Waals surface area contributed by atoms with Crippen LogP contribution in [0, 0.1) is 0 Å². The number of nitrogens with one attached hydrogen (secondary N) is 2. The lowest BCUT2D eigenvalue weighted by Gasteiger charge is -2.08. The van der Waals surface area contributed by atoms with E-state index in [9.17, 15) is 9.59 Å². The maximum absolute atomic E-state index is 12.0. The Morgan fingerprint density at radius 1 is 0.840 bits per heavy atom. The molecular weight excluding hydrogens is 322 g/mol. The molecule has 126 valence electrons. The van der Waals surface area contributed by atoms with Gasteiger partial charge in [-0.25, -0.2) is 9.59 Å². The van der Waals surface area contributed by atoms with Gasteiger partial charge in [0.2, 0.25) is 5.76 Å². The Kier molecular flexibility index (Phi) is 4.38. The van der Waals surface area contributed by atoms with Crippen molar-refractivity contribution in [1.29, 1.82) is 0 Å². The summed E-state index contributed by atoms with van der Waals surface area (Å²) in [5.41, 5.74) is 8.12. The van der Waals surface area contributed by atoms with E-state index in [4.69, 9.17) is 15.3 Å². The SMILES string of the molecule is Nc1ccc(NC(=O)Nc2ccc(-c3ccc(C(=O)O)o3)cc2)cc1. The quantitative estimate of drug-likeness (QED) is 0.539. The fraction of sp³-hybridized carbons (Fsp3) is 0. The topological polar surface area (TPSA) is 118 Å². The van der Waals surface area contributed by atoms with Crippen molar-refractivity contribution in [2.75, 3.05) is 16.4 Å². The van der Waals surface area contributed by atoms with E-state index in [0.29, 0.717) is 28.4 Å². The van der Waals surface area contributed by atoms with Crippen molar-refractivity contribution < 1.29 is 19.1 Å². The first-order chi connectivity index (χ1) is 12.0. The molecule has 0 unspecified atom stereocenters. The fourth-order valence-electron chi connectivity index (χ4n) is 2.19. The standard InChI is InChI=1S/C18H15N3O4/c19-12-3-7-14(8-4-12)21-18(24)20-13-5-1-11(2-6-13)15-9-10-16(25-15)17(22)23/h1-10H,19H2,(H,22,23)(H2,20,21,24). The highest BCUT2D eigenvalue weighted by molar-refractivity contribution is 5.99. The minimum absolute atomic E-state index is 0.125. The molecule has 25 heavy (non-hydrogen) atoms. The van der Waals surface area contributed by atoms with Crippen molar-refractivity contribution in [3.63, 3.8) is 0 Å². The molecule has 0 atom stereocenters. The smallest absolute Gasteiger partial charge is 0.371 e. The van der Waals surface area contributed by atoms with Crippen molar-refractivity contribution in [1.82, 2.24) is 0 Å². The van der Waals surface area contributed by atoms with Gasteiger partial charge in [0.15, 0.2) is 0 Å². The summed E-state index contributed by atoms with van der Waals surface area (Å²) >= 11 is 0. The van der Waals surface area contributed by atoms with Gasteiger partial charge in [0.25, 0.3) is 0 Å². The molecule has 3 aromatic rings. The molecule has 1 aromatic heterocycles. The van der Waals surface area contributed by atoms with Crippen LogP contribution in [0.15, 0.2) is 65.1 Å². The van der Waals surface area contributed by atoms with Crippen molar-refractivity contribution in [2.45, 2.75) is 0 Å². The van der Waals surface area contributed by atoms with E-state index in [0.717, 1.165) is 0 Å². The van der Waals surface area contributed by atoms with Gasteiger partial charge >= 0.3 is 12.0 Å². The zero-order valence-corrected chi connectivity index (χ0v) is 13.0. The Labute approximate surface area is 143 Å². The van der Waals surface area contributed by atoms with Gasteiger partial charge in [-0.05, 0) is 60.7 Å². The number of nitrogens with two attached hydrogens (primary N) is 1. The summed E-state index contributed by atoms with van der Waals surface area (Å²) < 4.78 is 5.23. The first-order valence-corrected chi connectivity index (χ1v) is 7.38. The van der Waals surface area contributed by atoms with E-state index in [-0.39, 0.29) is 11.8 Å². The van der Waals surface area contributed by atoms with Crippen LogP contribution >= 0.6 is 0 Å². The average molecular weight is 337 g/mol. The molecule has 0 aliphatic heterocycles. The zero-order valence-electron chi connectivity index (χ0n) is 13.0. The van der Waals surface area contributed by atoms with Gasteiger partial charge in [0, 0.05) is 22.6 Å². The summed E-state index contributed by atoms with van der Waals surface area (Å²) in [5.74, 6) is -0.806. The number of rotatable bonds is 4. The molecule has 3 rings (SSSR count). The maximum Gasteiger partial charge on any atom is 0.371 e. The molecule has 0 bridgehead atoms. The number of carboxylic acids is 1. The zero-order chi connectivity index (χ0) is 17.8. The number of amides is 2. The number of anilines is 3. The molecule has 0 spiro atoms. The van der Waals surface area contributed by atoms with Crippen LogP contribution in [-0.2, 0) is 0 Å². The molecule has 7 heteroatoms. The van der Waals surface area contributed by atoms with Crippen molar-refractivity contribution in [2.24, 2.45) is 0 Å². The van der Waals surface area contributed by atoms with Crippen LogP contribution in [0.1, 0.15) is 10.6 Å². The molecule has 0 fully saturated rings. The molecule has 2 amide bonds. The third-order valence-corrected chi connectivity index (χ3v) is 3.41. The highest BCUT2D eigenvalue weighted by atomic mass is 16.4. The number of carbonyl (C=O) groups excluding carboxylic acids is 1. The van der Waals surface area contributed by atoms with Gasteiger partial charge < -0.3 is 25.9 Å². The molecule has 2 aromatic carbocycles. The van der Waals surface area contributed by atoms with Crippen LogP contribution in [-0.4, -0.2) is 17.1 Å². The number of nitrogen functional groups attached to an aromatic ring is 1. The van der Waals surface area contributed by atoms with E-state index in [1.54, 1.807) is 54.6 Å². The lowest BCUT2D eigenvalue weighted by Crippen LogP contribution is -2.19. The summed E-state index contributed by atoms with van der Waals surface area (Å²) in [5, 5.41) is 14.3. The number of hydrogen-bond acceptors (Lipinski definition) is 4. The molecular formula is C18H15N3O4. The fourth-order valence-corrected chi connectivity index (χ4v) is 2.19. The average Bonchev–Trinajstić information content (AvgIpc) is 3.08. The summed E-state index contributed by atoms with van der Waals surface area (Å²) in [7, 11) is 0. The molecule has 0 saturated carbocycles. The summed E-state index contributed by atoms with van der Waals surface area (Å²) in [6.07, 6.45) is 0. The highest BCUT2D eigenvalue weighted by Crippen LogP contribution is 2.24. The first-order valence-electron chi connectivity index (χ1n) is 7.38. The van der Waals surface area contributed by atoms with Gasteiger partial charge in [0.05, 0.1) is 0 Å². The highest BCUT2D eigenvalue weighted by Gasteiger charge is 2.10. The number of carbonyl (C=O) groups is 2. The molecule has 0 radical (unpaired) electrons. The second kappa shape index (κ2) is 6.79.